The summed E-state index contributed by atoms with van der Waals surface area (Å²) >= 11 is 0. The fraction of sp³-hybridized carbons (Fsp3) is 0.0833. The zero-order valence-electron chi connectivity index (χ0n) is 17.3. The molecule has 4 rings (SSSR count). The molecule has 1 amide bonds. The second-order valence-corrected chi connectivity index (χ2v) is 6.86. The van der Waals surface area contributed by atoms with E-state index in [-0.39, 0.29) is 11.3 Å². The predicted octanol–water partition coefficient (Wildman–Crippen LogP) is 5.16. The lowest BCUT2D eigenvalue weighted by molar-refractivity contribution is -0.0494. The minimum Gasteiger partial charge on any atom is -0.497 e. The predicted molar refractivity (Wildman–Crippen MR) is 118 cm³/mol. The van der Waals surface area contributed by atoms with Gasteiger partial charge in [-0.2, -0.15) is 8.78 Å². The zero-order valence-corrected chi connectivity index (χ0v) is 17.3. The molecule has 0 saturated carbocycles. The highest BCUT2D eigenvalue weighted by Crippen LogP contribution is 2.34. The lowest BCUT2D eigenvalue weighted by Gasteiger charge is -2.14. The first kappa shape index (κ1) is 21.8. The Bertz CT molecular complexity index is 1320. The molecule has 2 aromatic carbocycles. The molecule has 2 heterocycles. The standard InChI is InChI=1S/C24H18F2N2O5/c1-31-16-7-4-14(5-8-16)18-13-15(6-11-20(18)33-24(25)26)27-22(29)17-9-10-19(28-23(17)30)21-3-2-12-32-21/h2-13,24H,1H3,(H,27,29)(H,28,30). The van der Waals surface area contributed by atoms with Gasteiger partial charge in [0.05, 0.1) is 19.1 Å². The number of aromatic amines is 1. The molecule has 2 aromatic heterocycles. The molecule has 168 valence electrons. The van der Waals surface area contributed by atoms with Crippen molar-refractivity contribution in [2.24, 2.45) is 0 Å². The van der Waals surface area contributed by atoms with E-state index in [2.05, 4.69) is 15.0 Å². The van der Waals surface area contributed by atoms with Gasteiger partial charge in [0.1, 0.15) is 22.8 Å². The summed E-state index contributed by atoms with van der Waals surface area (Å²) in [4.78, 5) is 27.7. The summed E-state index contributed by atoms with van der Waals surface area (Å²) in [7, 11) is 1.51. The van der Waals surface area contributed by atoms with Crippen LogP contribution in [0.2, 0.25) is 0 Å². The topological polar surface area (TPSA) is 93.6 Å². The summed E-state index contributed by atoms with van der Waals surface area (Å²) in [6.07, 6.45) is 1.47. The third-order valence-electron chi connectivity index (χ3n) is 4.80. The summed E-state index contributed by atoms with van der Waals surface area (Å²) in [5.74, 6) is 0.328. The van der Waals surface area contributed by atoms with Gasteiger partial charge >= 0.3 is 6.61 Å². The van der Waals surface area contributed by atoms with Gasteiger partial charge in [0.2, 0.25) is 0 Å². The number of benzene rings is 2. The molecule has 0 fully saturated rings. The van der Waals surface area contributed by atoms with E-state index in [9.17, 15) is 18.4 Å². The second-order valence-electron chi connectivity index (χ2n) is 6.86. The Labute approximate surface area is 186 Å². The first-order valence-corrected chi connectivity index (χ1v) is 9.76. The van der Waals surface area contributed by atoms with Crippen LogP contribution in [-0.2, 0) is 0 Å². The molecule has 33 heavy (non-hydrogen) atoms. The number of alkyl halides is 2. The van der Waals surface area contributed by atoms with Crippen LogP contribution in [0.1, 0.15) is 10.4 Å². The van der Waals surface area contributed by atoms with Crippen LogP contribution in [0, 0.1) is 0 Å². The minimum atomic E-state index is -3.02. The van der Waals surface area contributed by atoms with Crippen LogP contribution < -0.4 is 20.3 Å². The van der Waals surface area contributed by atoms with Crippen LogP contribution in [-0.4, -0.2) is 24.6 Å². The van der Waals surface area contributed by atoms with E-state index in [1.54, 1.807) is 42.5 Å². The summed E-state index contributed by atoms with van der Waals surface area (Å²) < 4.78 is 40.8. The van der Waals surface area contributed by atoms with Gasteiger partial charge in [0.15, 0.2) is 0 Å². The van der Waals surface area contributed by atoms with Crippen LogP contribution in [0.5, 0.6) is 11.5 Å². The first-order valence-electron chi connectivity index (χ1n) is 9.76. The Kier molecular flexibility index (Phi) is 6.21. The molecule has 0 aliphatic heterocycles. The number of amides is 1. The number of H-pyrrole nitrogens is 1. The summed E-state index contributed by atoms with van der Waals surface area (Å²) in [5, 5.41) is 2.62. The van der Waals surface area contributed by atoms with Crippen LogP contribution >= 0.6 is 0 Å². The molecule has 0 atom stereocenters. The summed E-state index contributed by atoms with van der Waals surface area (Å²) in [5.41, 5.74) is 0.901. The number of methoxy groups -OCH3 is 1. The van der Waals surface area contributed by atoms with Crippen molar-refractivity contribution in [1.29, 1.82) is 0 Å². The van der Waals surface area contributed by atoms with Gasteiger partial charge in [-0.3, -0.25) is 9.59 Å². The summed E-state index contributed by atoms with van der Waals surface area (Å²) in [6.45, 7) is -3.02. The number of pyridine rings is 1. The van der Waals surface area contributed by atoms with Gasteiger partial charge in [-0.15, -0.1) is 0 Å². The van der Waals surface area contributed by atoms with E-state index in [1.165, 1.54) is 37.6 Å². The quantitative estimate of drug-likeness (QED) is 0.404. The van der Waals surface area contributed by atoms with Gasteiger partial charge in [-0.1, -0.05) is 12.1 Å². The number of halogens is 2. The van der Waals surface area contributed by atoms with E-state index in [0.717, 1.165) is 0 Å². The molecule has 9 heteroatoms. The maximum atomic E-state index is 12.9. The number of carbonyl (C=O) groups is 1. The number of hydrogen-bond acceptors (Lipinski definition) is 5. The van der Waals surface area contributed by atoms with Crippen molar-refractivity contribution in [1.82, 2.24) is 4.98 Å². The molecular formula is C24H18F2N2O5. The molecule has 4 aromatic rings. The number of ether oxygens (including phenoxy) is 2. The third-order valence-corrected chi connectivity index (χ3v) is 4.80. The summed E-state index contributed by atoms with van der Waals surface area (Å²) in [6, 6.07) is 17.2. The van der Waals surface area contributed by atoms with Crippen LogP contribution in [0.15, 0.2) is 82.2 Å². The van der Waals surface area contributed by atoms with E-state index >= 15 is 0 Å². The van der Waals surface area contributed by atoms with Crippen molar-refractivity contribution >= 4 is 11.6 Å². The molecular weight excluding hydrogens is 434 g/mol. The molecule has 7 nitrogen and oxygen atoms in total. The molecule has 2 N–H and O–H groups in total. The van der Waals surface area contributed by atoms with E-state index in [0.29, 0.717) is 34.0 Å². The minimum absolute atomic E-state index is 0.0613. The van der Waals surface area contributed by atoms with Gasteiger partial charge in [-0.25, -0.2) is 0 Å². The molecule has 0 unspecified atom stereocenters. The van der Waals surface area contributed by atoms with Gasteiger partial charge < -0.3 is 24.2 Å². The molecule has 0 aliphatic rings. The fourth-order valence-corrected chi connectivity index (χ4v) is 3.23. The highest BCUT2D eigenvalue weighted by atomic mass is 19.3. The first-order chi connectivity index (χ1) is 15.9. The SMILES string of the molecule is COc1ccc(-c2cc(NC(=O)c3ccc(-c4ccco4)[nH]c3=O)ccc2OC(F)F)cc1. The maximum absolute atomic E-state index is 12.9. The Hall–Kier alpha value is -4.40. The van der Waals surface area contributed by atoms with E-state index < -0.39 is 18.1 Å². The highest BCUT2D eigenvalue weighted by molar-refractivity contribution is 6.04. The second kappa shape index (κ2) is 9.39. The van der Waals surface area contributed by atoms with Gasteiger partial charge in [0, 0.05) is 11.3 Å². The van der Waals surface area contributed by atoms with Crippen molar-refractivity contribution < 1.29 is 27.5 Å². The number of nitrogens with one attached hydrogen (secondary N) is 2. The van der Waals surface area contributed by atoms with Crippen molar-refractivity contribution in [3.63, 3.8) is 0 Å². The number of aromatic nitrogens is 1. The third kappa shape index (κ3) is 4.93. The Morgan fingerprint density at radius 2 is 1.85 bits per heavy atom. The number of hydrogen-bond donors (Lipinski definition) is 2. The van der Waals surface area contributed by atoms with Crippen LogP contribution in [0.4, 0.5) is 14.5 Å². The van der Waals surface area contributed by atoms with Crippen LogP contribution in [0.3, 0.4) is 0 Å². The molecule has 0 saturated heterocycles. The average Bonchev–Trinajstić information content (AvgIpc) is 3.35. The largest absolute Gasteiger partial charge is 0.497 e. The molecule has 0 bridgehead atoms. The van der Waals surface area contributed by atoms with Gasteiger partial charge in [0.25, 0.3) is 11.5 Å². The molecule has 0 radical (unpaired) electrons. The number of anilines is 1. The van der Waals surface area contributed by atoms with Crippen molar-refractivity contribution in [2.75, 3.05) is 12.4 Å². The lowest BCUT2D eigenvalue weighted by Crippen LogP contribution is -2.23. The average molecular weight is 452 g/mol. The lowest BCUT2D eigenvalue weighted by atomic mass is 10.0. The number of carbonyl (C=O) groups excluding carboxylic acids is 1. The van der Waals surface area contributed by atoms with Crippen molar-refractivity contribution in [2.45, 2.75) is 6.61 Å². The van der Waals surface area contributed by atoms with E-state index in [4.69, 9.17) is 9.15 Å². The van der Waals surface area contributed by atoms with Gasteiger partial charge in [-0.05, 0) is 60.2 Å². The Morgan fingerprint density at radius 1 is 1.06 bits per heavy atom. The van der Waals surface area contributed by atoms with Crippen molar-refractivity contribution in [3.05, 3.63) is 88.9 Å². The van der Waals surface area contributed by atoms with Crippen molar-refractivity contribution in [3.8, 4) is 34.1 Å². The maximum Gasteiger partial charge on any atom is 0.387 e. The number of furan rings is 1. The Morgan fingerprint density at radius 3 is 2.48 bits per heavy atom. The number of rotatable bonds is 7. The normalized spacial score (nSPS) is 10.8. The Balaban J connectivity index is 1.62. The fourth-order valence-electron chi connectivity index (χ4n) is 3.23. The molecule has 0 aliphatic carbocycles. The smallest absolute Gasteiger partial charge is 0.387 e. The van der Waals surface area contributed by atoms with E-state index in [1.807, 2.05) is 0 Å². The highest BCUT2D eigenvalue weighted by Gasteiger charge is 2.16. The monoisotopic (exact) mass is 452 g/mol. The van der Waals surface area contributed by atoms with Crippen LogP contribution in [0.25, 0.3) is 22.6 Å². The zero-order chi connectivity index (χ0) is 23.4. The molecule has 0 spiro atoms.